The van der Waals surface area contributed by atoms with Crippen molar-refractivity contribution in [3.8, 4) is 11.5 Å². The molecule has 1 atom stereocenters. The predicted molar refractivity (Wildman–Crippen MR) is 88.5 cm³/mol. The maximum Gasteiger partial charge on any atom is 0.226 e. The van der Waals surface area contributed by atoms with Crippen LogP contribution in [0.25, 0.3) is 0 Å². The van der Waals surface area contributed by atoms with Gasteiger partial charge in [0.15, 0.2) is 11.5 Å². The number of phenolic OH excluding ortho intramolecular Hbond substituents is 1. The summed E-state index contributed by atoms with van der Waals surface area (Å²) in [5.41, 5.74) is 7.47. The molecular formula is C16H19ClN2O3. The normalized spacial score (nSPS) is 11.2. The van der Waals surface area contributed by atoms with Gasteiger partial charge in [-0.05, 0) is 17.7 Å². The molecule has 5 nitrogen and oxygen atoms in total. The number of hydrogen-bond donors (Lipinski definition) is 3. The molecule has 0 heterocycles. The average Bonchev–Trinajstić information content (AvgIpc) is 2.50. The molecule has 6 heteroatoms. The summed E-state index contributed by atoms with van der Waals surface area (Å²) < 4.78 is 4.99. The molecule has 1 amide bonds. The summed E-state index contributed by atoms with van der Waals surface area (Å²) in [4.78, 5) is 12.0. The van der Waals surface area contributed by atoms with Crippen LogP contribution in [0.1, 0.15) is 18.0 Å². The Balaban J connectivity index is 0.00000242. The number of ether oxygens (including phenoxy) is 1. The molecule has 0 saturated carbocycles. The van der Waals surface area contributed by atoms with Crippen LogP contribution in [0.3, 0.4) is 0 Å². The molecule has 0 aliphatic rings. The summed E-state index contributed by atoms with van der Waals surface area (Å²) in [7, 11) is 1.45. The van der Waals surface area contributed by atoms with Gasteiger partial charge in [-0.1, -0.05) is 30.3 Å². The van der Waals surface area contributed by atoms with Crippen molar-refractivity contribution in [3.63, 3.8) is 0 Å². The zero-order valence-corrected chi connectivity index (χ0v) is 13.0. The lowest BCUT2D eigenvalue weighted by Gasteiger charge is -2.13. The molecule has 2 rings (SSSR count). The molecule has 0 radical (unpaired) electrons. The summed E-state index contributed by atoms with van der Waals surface area (Å²) in [5, 5.41) is 12.2. The molecule has 22 heavy (non-hydrogen) atoms. The molecule has 0 aliphatic carbocycles. The molecule has 0 spiro atoms. The van der Waals surface area contributed by atoms with Crippen LogP contribution in [-0.2, 0) is 4.79 Å². The lowest BCUT2D eigenvalue weighted by Crippen LogP contribution is -2.20. The van der Waals surface area contributed by atoms with Gasteiger partial charge in [0.05, 0.1) is 7.11 Å². The van der Waals surface area contributed by atoms with E-state index >= 15 is 0 Å². The van der Waals surface area contributed by atoms with Gasteiger partial charge < -0.3 is 20.9 Å². The second kappa shape index (κ2) is 8.26. The molecule has 0 bridgehead atoms. The van der Waals surface area contributed by atoms with Crippen LogP contribution < -0.4 is 15.8 Å². The number of benzene rings is 2. The molecule has 0 saturated heterocycles. The van der Waals surface area contributed by atoms with Gasteiger partial charge >= 0.3 is 0 Å². The molecule has 0 aliphatic heterocycles. The van der Waals surface area contributed by atoms with E-state index < -0.39 is 0 Å². The SMILES string of the molecule is COc1cc(NC(=O)CC(N)c2ccccc2)ccc1O.Cl. The molecule has 4 N–H and O–H groups in total. The monoisotopic (exact) mass is 322 g/mol. The summed E-state index contributed by atoms with van der Waals surface area (Å²) in [6.07, 6.45) is 0.174. The highest BCUT2D eigenvalue weighted by molar-refractivity contribution is 5.91. The van der Waals surface area contributed by atoms with Gasteiger partial charge in [0.1, 0.15) is 0 Å². The minimum absolute atomic E-state index is 0. The minimum atomic E-state index is -0.356. The summed E-state index contributed by atoms with van der Waals surface area (Å²) >= 11 is 0. The Morgan fingerprint density at radius 1 is 1.27 bits per heavy atom. The predicted octanol–water partition coefficient (Wildman–Crippen LogP) is 2.85. The van der Waals surface area contributed by atoms with Gasteiger partial charge in [-0.3, -0.25) is 4.79 Å². The van der Waals surface area contributed by atoms with E-state index in [1.54, 1.807) is 12.1 Å². The number of nitrogens with one attached hydrogen (secondary N) is 1. The molecule has 0 fully saturated rings. The number of aromatic hydroxyl groups is 1. The van der Waals surface area contributed by atoms with Crippen molar-refractivity contribution < 1.29 is 14.6 Å². The zero-order chi connectivity index (χ0) is 15.2. The molecule has 118 valence electrons. The first-order valence-corrected chi connectivity index (χ1v) is 6.57. The van der Waals surface area contributed by atoms with Crippen LogP contribution in [0.15, 0.2) is 48.5 Å². The highest BCUT2D eigenvalue weighted by Gasteiger charge is 2.12. The number of carbonyl (C=O) groups is 1. The van der Waals surface area contributed by atoms with E-state index in [4.69, 9.17) is 10.5 Å². The van der Waals surface area contributed by atoms with Crippen LogP contribution >= 0.6 is 12.4 Å². The van der Waals surface area contributed by atoms with Gasteiger partial charge in [0.25, 0.3) is 0 Å². The Kier molecular flexibility index (Phi) is 6.69. The Hall–Kier alpha value is -2.24. The highest BCUT2D eigenvalue weighted by atomic mass is 35.5. The number of amides is 1. The first-order valence-electron chi connectivity index (χ1n) is 6.57. The molecule has 1 unspecified atom stereocenters. The van der Waals surface area contributed by atoms with Crippen molar-refractivity contribution >= 4 is 24.0 Å². The van der Waals surface area contributed by atoms with Crippen molar-refractivity contribution in [1.82, 2.24) is 0 Å². The van der Waals surface area contributed by atoms with Crippen molar-refractivity contribution in [3.05, 3.63) is 54.1 Å². The van der Waals surface area contributed by atoms with Gasteiger partial charge in [-0.25, -0.2) is 0 Å². The first-order chi connectivity index (χ1) is 10.1. The molecule has 2 aromatic rings. The van der Waals surface area contributed by atoms with Crippen molar-refractivity contribution in [2.24, 2.45) is 5.73 Å². The number of phenols is 1. The largest absolute Gasteiger partial charge is 0.504 e. The third-order valence-electron chi connectivity index (χ3n) is 3.10. The summed E-state index contributed by atoms with van der Waals surface area (Å²) in [5.74, 6) is 0.135. The van der Waals surface area contributed by atoms with E-state index in [9.17, 15) is 9.90 Å². The van der Waals surface area contributed by atoms with Gasteiger partial charge in [0.2, 0.25) is 5.91 Å². The highest BCUT2D eigenvalue weighted by Crippen LogP contribution is 2.28. The van der Waals surface area contributed by atoms with E-state index in [0.29, 0.717) is 11.4 Å². The lowest BCUT2D eigenvalue weighted by molar-refractivity contribution is -0.116. The Labute approximate surface area is 135 Å². The second-order valence-corrected chi connectivity index (χ2v) is 4.66. The topological polar surface area (TPSA) is 84.6 Å². The number of carbonyl (C=O) groups excluding carboxylic acids is 1. The Morgan fingerprint density at radius 2 is 1.95 bits per heavy atom. The van der Waals surface area contributed by atoms with Crippen LogP contribution in [0.5, 0.6) is 11.5 Å². The number of methoxy groups -OCH3 is 1. The standard InChI is InChI=1S/C16H18N2O3.ClH/c1-21-15-9-12(7-8-14(15)19)18-16(20)10-13(17)11-5-3-2-4-6-11;/h2-9,13,19H,10,17H2,1H3,(H,18,20);1H. The Bertz CT molecular complexity index is 620. The van der Waals surface area contributed by atoms with Gasteiger partial charge in [0, 0.05) is 24.2 Å². The summed E-state index contributed by atoms with van der Waals surface area (Å²) in [6, 6.07) is 13.7. The first kappa shape index (κ1) is 17.8. The van der Waals surface area contributed by atoms with Gasteiger partial charge in [-0.15, -0.1) is 12.4 Å². The maximum absolute atomic E-state index is 12.0. The smallest absolute Gasteiger partial charge is 0.226 e. The lowest BCUT2D eigenvalue weighted by atomic mass is 10.0. The fourth-order valence-corrected chi connectivity index (χ4v) is 1.99. The van der Waals surface area contributed by atoms with E-state index in [1.807, 2.05) is 30.3 Å². The van der Waals surface area contributed by atoms with Crippen molar-refractivity contribution in [2.45, 2.75) is 12.5 Å². The van der Waals surface area contributed by atoms with Crippen LogP contribution in [0, 0.1) is 0 Å². The summed E-state index contributed by atoms with van der Waals surface area (Å²) in [6.45, 7) is 0. The quantitative estimate of drug-likeness (QED) is 0.739. The Morgan fingerprint density at radius 3 is 2.59 bits per heavy atom. The van der Waals surface area contributed by atoms with Crippen molar-refractivity contribution in [2.75, 3.05) is 12.4 Å². The van der Waals surface area contributed by atoms with Crippen LogP contribution in [0.4, 0.5) is 5.69 Å². The average molecular weight is 323 g/mol. The number of rotatable bonds is 5. The molecule has 0 aromatic heterocycles. The maximum atomic E-state index is 12.0. The minimum Gasteiger partial charge on any atom is -0.504 e. The van der Waals surface area contributed by atoms with Crippen molar-refractivity contribution in [1.29, 1.82) is 0 Å². The van der Waals surface area contributed by atoms with E-state index in [1.165, 1.54) is 13.2 Å². The zero-order valence-electron chi connectivity index (χ0n) is 12.2. The number of anilines is 1. The third kappa shape index (κ3) is 4.65. The van der Waals surface area contributed by atoms with E-state index in [0.717, 1.165) is 5.56 Å². The van der Waals surface area contributed by atoms with E-state index in [2.05, 4.69) is 5.32 Å². The molecular weight excluding hydrogens is 304 g/mol. The third-order valence-corrected chi connectivity index (χ3v) is 3.10. The second-order valence-electron chi connectivity index (χ2n) is 4.66. The van der Waals surface area contributed by atoms with Crippen LogP contribution in [-0.4, -0.2) is 18.1 Å². The van der Waals surface area contributed by atoms with Crippen LogP contribution in [0.2, 0.25) is 0 Å². The number of halogens is 1. The molecule has 2 aromatic carbocycles. The van der Waals surface area contributed by atoms with Gasteiger partial charge in [-0.2, -0.15) is 0 Å². The fourth-order valence-electron chi connectivity index (χ4n) is 1.99. The fraction of sp³-hybridized carbons (Fsp3) is 0.188. The van der Waals surface area contributed by atoms with E-state index in [-0.39, 0.29) is 36.5 Å². The number of nitrogens with two attached hydrogens (primary N) is 1. The number of hydrogen-bond acceptors (Lipinski definition) is 4.